The molecule has 5 heteroatoms. The number of pyridine rings is 1. The van der Waals surface area contributed by atoms with Gasteiger partial charge < -0.3 is 19.5 Å². The van der Waals surface area contributed by atoms with Crippen LogP contribution in [-0.2, 0) is 0 Å². The van der Waals surface area contributed by atoms with Gasteiger partial charge in [0.25, 0.3) is 0 Å². The number of fused-ring (bicyclic) bond motifs is 1. The van der Waals surface area contributed by atoms with Crippen molar-refractivity contribution in [3.8, 4) is 16.9 Å². The molecule has 0 aliphatic carbocycles. The Hall–Kier alpha value is -2.53. The van der Waals surface area contributed by atoms with Crippen molar-refractivity contribution in [2.45, 2.75) is 33.2 Å². The van der Waals surface area contributed by atoms with Crippen LogP contribution in [0.25, 0.3) is 22.0 Å². The zero-order valence-electron chi connectivity index (χ0n) is 17.3. The highest BCUT2D eigenvalue weighted by molar-refractivity contribution is 5.93. The molecule has 0 spiro atoms. The smallest absolute Gasteiger partial charge is 0.128 e. The van der Waals surface area contributed by atoms with Crippen LogP contribution in [0.15, 0.2) is 36.7 Å². The van der Waals surface area contributed by atoms with Crippen molar-refractivity contribution in [2.24, 2.45) is 0 Å². The van der Waals surface area contributed by atoms with Crippen molar-refractivity contribution in [1.82, 2.24) is 14.5 Å². The van der Waals surface area contributed by atoms with E-state index in [1.165, 1.54) is 0 Å². The molecule has 148 valence electrons. The van der Waals surface area contributed by atoms with Gasteiger partial charge in [-0.2, -0.15) is 0 Å². The molecule has 1 fully saturated rings. The minimum Gasteiger partial charge on any atom is -0.507 e. The summed E-state index contributed by atoms with van der Waals surface area (Å²) >= 11 is 0. The lowest BCUT2D eigenvalue weighted by molar-refractivity contribution is 0.312. The standard InChI is InChI=1S/C23H30N4O/c1-5-17(3)27-15-16(2)23-20(27)12-19(13-21(23)28)18-6-7-22(24-14-18)26-10-8-25(4)9-11-26/h6-7,12-15,17,28H,5,8-11H2,1-4H3. The lowest BCUT2D eigenvalue weighted by atomic mass is 10.0. The number of hydrogen-bond donors (Lipinski definition) is 1. The molecular formula is C23H30N4O. The number of aromatic nitrogens is 2. The maximum absolute atomic E-state index is 10.7. The third kappa shape index (κ3) is 3.35. The summed E-state index contributed by atoms with van der Waals surface area (Å²) in [6.45, 7) is 10.6. The molecular weight excluding hydrogens is 348 g/mol. The van der Waals surface area contributed by atoms with Crippen LogP contribution in [0, 0.1) is 6.92 Å². The van der Waals surface area contributed by atoms with Crippen molar-refractivity contribution < 1.29 is 5.11 Å². The van der Waals surface area contributed by atoms with Gasteiger partial charge in [-0.1, -0.05) is 6.92 Å². The van der Waals surface area contributed by atoms with Gasteiger partial charge in [-0.15, -0.1) is 0 Å². The molecule has 1 saturated heterocycles. The maximum Gasteiger partial charge on any atom is 0.128 e. The number of hydrogen-bond acceptors (Lipinski definition) is 4. The average molecular weight is 379 g/mol. The summed E-state index contributed by atoms with van der Waals surface area (Å²) in [5, 5.41) is 11.6. The minimum absolute atomic E-state index is 0.343. The second kappa shape index (κ2) is 7.47. The SMILES string of the molecule is CCC(C)n1cc(C)c2c(O)cc(-c3ccc(N4CCN(C)CC4)nc3)cc21. The van der Waals surface area contributed by atoms with Gasteiger partial charge in [-0.3, -0.25) is 0 Å². The Morgan fingerprint density at radius 3 is 2.50 bits per heavy atom. The molecule has 0 amide bonds. The van der Waals surface area contributed by atoms with E-state index in [2.05, 4.69) is 66.6 Å². The molecule has 5 nitrogen and oxygen atoms in total. The zero-order valence-corrected chi connectivity index (χ0v) is 17.3. The van der Waals surface area contributed by atoms with Crippen molar-refractivity contribution in [1.29, 1.82) is 0 Å². The first kappa shape index (κ1) is 18.8. The third-order valence-corrected chi connectivity index (χ3v) is 6.08. The van der Waals surface area contributed by atoms with Gasteiger partial charge in [0.15, 0.2) is 0 Å². The number of benzene rings is 1. The van der Waals surface area contributed by atoms with Crippen molar-refractivity contribution >= 4 is 16.7 Å². The molecule has 3 aromatic rings. The topological polar surface area (TPSA) is 44.5 Å². The number of aryl methyl sites for hydroxylation is 1. The number of piperazine rings is 1. The normalized spacial score (nSPS) is 16.6. The number of anilines is 1. The molecule has 28 heavy (non-hydrogen) atoms. The highest BCUT2D eigenvalue weighted by Crippen LogP contribution is 2.36. The fourth-order valence-electron chi connectivity index (χ4n) is 4.07. The number of nitrogens with zero attached hydrogens (tertiary/aromatic N) is 4. The summed E-state index contributed by atoms with van der Waals surface area (Å²) < 4.78 is 2.28. The Bertz CT molecular complexity index is 968. The summed E-state index contributed by atoms with van der Waals surface area (Å²) in [4.78, 5) is 9.39. The molecule has 1 unspecified atom stereocenters. The predicted octanol–water partition coefficient (Wildman–Crippen LogP) is 4.44. The van der Waals surface area contributed by atoms with Gasteiger partial charge in [0, 0.05) is 55.6 Å². The predicted molar refractivity (Wildman–Crippen MR) is 116 cm³/mol. The quantitative estimate of drug-likeness (QED) is 0.729. The Balaban J connectivity index is 1.69. The summed E-state index contributed by atoms with van der Waals surface area (Å²) in [7, 11) is 2.16. The summed E-state index contributed by atoms with van der Waals surface area (Å²) in [6, 6.07) is 8.65. The monoisotopic (exact) mass is 378 g/mol. The molecule has 1 aliphatic heterocycles. The van der Waals surface area contributed by atoms with E-state index in [1.54, 1.807) is 0 Å². The lowest BCUT2D eigenvalue weighted by Gasteiger charge is -2.33. The maximum atomic E-state index is 10.7. The van der Waals surface area contributed by atoms with E-state index in [4.69, 9.17) is 4.98 Å². The lowest BCUT2D eigenvalue weighted by Crippen LogP contribution is -2.44. The zero-order chi connectivity index (χ0) is 19.8. The van der Waals surface area contributed by atoms with Gasteiger partial charge in [-0.05, 0) is 62.7 Å². The highest BCUT2D eigenvalue weighted by Gasteiger charge is 2.17. The Kier molecular flexibility index (Phi) is 5.02. The average Bonchev–Trinajstić information content (AvgIpc) is 3.05. The first-order valence-electron chi connectivity index (χ1n) is 10.2. The van der Waals surface area contributed by atoms with Gasteiger partial charge in [0.05, 0.1) is 5.52 Å². The Morgan fingerprint density at radius 1 is 1.11 bits per heavy atom. The molecule has 0 radical (unpaired) electrons. The van der Waals surface area contributed by atoms with E-state index in [9.17, 15) is 5.11 Å². The van der Waals surface area contributed by atoms with E-state index in [0.717, 1.165) is 66.0 Å². The van der Waals surface area contributed by atoms with Gasteiger partial charge >= 0.3 is 0 Å². The van der Waals surface area contributed by atoms with E-state index in [-0.39, 0.29) is 0 Å². The largest absolute Gasteiger partial charge is 0.507 e. The van der Waals surface area contributed by atoms with Crippen LogP contribution in [0.2, 0.25) is 0 Å². The van der Waals surface area contributed by atoms with Crippen LogP contribution in [0.5, 0.6) is 5.75 Å². The minimum atomic E-state index is 0.343. The number of aromatic hydroxyl groups is 1. The Labute approximate surface area is 167 Å². The fraction of sp³-hybridized carbons (Fsp3) is 0.435. The molecule has 4 rings (SSSR count). The molecule has 1 N–H and O–H groups in total. The van der Waals surface area contributed by atoms with Gasteiger partial charge in [0.1, 0.15) is 11.6 Å². The van der Waals surface area contributed by atoms with Crippen LogP contribution in [0.4, 0.5) is 5.82 Å². The van der Waals surface area contributed by atoms with Crippen LogP contribution in [0.3, 0.4) is 0 Å². The second-order valence-electron chi connectivity index (χ2n) is 8.06. The van der Waals surface area contributed by atoms with Crippen LogP contribution in [-0.4, -0.2) is 52.8 Å². The van der Waals surface area contributed by atoms with Crippen molar-refractivity contribution in [3.63, 3.8) is 0 Å². The first-order chi connectivity index (χ1) is 13.5. The molecule has 0 saturated carbocycles. The number of phenols is 1. The summed E-state index contributed by atoms with van der Waals surface area (Å²) in [5.74, 6) is 1.37. The Morgan fingerprint density at radius 2 is 1.86 bits per heavy atom. The fourth-order valence-corrected chi connectivity index (χ4v) is 4.07. The van der Waals surface area contributed by atoms with Crippen molar-refractivity contribution in [2.75, 3.05) is 38.1 Å². The third-order valence-electron chi connectivity index (χ3n) is 6.08. The molecule has 1 atom stereocenters. The molecule has 1 aromatic carbocycles. The number of likely N-dealkylation sites (N-methyl/N-ethyl adjacent to an activating group) is 1. The molecule has 1 aliphatic rings. The van der Waals surface area contributed by atoms with Crippen LogP contribution in [0.1, 0.15) is 31.9 Å². The van der Waals surface area contributed by atoms with E-state index >= 15 is 0 Å². The molecule has 2 aromatic heterocycles. The number of rotatable bonds is 4. The van der Waals surface area contributed by atoms with Crippen molar-refractivity contribution in [3.05, 3.63) is 42.2 Å². The van der Waals surface area contributed by atoms with E-state index in [1.807, 2.05) is 12.3 Å². The summed E-state index contributed by atoms with van der Waals surface area (Å²) in [5.41, 5.74) is 4.24. The van der Waals surface area contributed by atoms with Crippen LogP contribution < -0.4 is 4.90 Å². The van der Waals surface area contributed by atoms with E-state index < -0.39 is 0 Å². The van der Waals surface area contributed by atoms with E-state index in [0.29, 0.717) is 11.8 Å². The number of phenolic OH excluding ortho intramolecular Hbond substituents is 1. The second-order valence-corrected chi connectivity index (χ2v) is 8.06. The van der Waals surface area contributed by atoms with Gasteiger partial charge in [-0.25, -0.2) is 4.98 Å². The summed E-state index contributed by atoms with van der Waals surface area (Å²) in [6.07, 6.45) is 5.13. The molecule has 3 heterocycles. The highest BCUT2D eigenvalue weighted by atomic mass is 16.3. The first-order valence-corrected chi connectivity index (χ1v) is 10.2. The van der Waals surface area contributed by atoms with Crippen LogP contribution >= 0.6 is 0 Å². The molecule has 0 bridgehead atoms. The van der Waals surface area contributed by atoms with Gasteiger partial charge in [0.2, 0.25) is 0 Å².